The van der Waals surface area contributed by atoms with Gasteiger partial charge >= 0.3 is 5.97 Å². The fraction of sp³-hybridized carbons (Fsp3) is 0.429. The summed E-state index contributed by atoms with van der Waals surface area (Å²) in [5.74, 6) is -0.431. The molecular formula is C14H20N2O3. The Labute approximate surface area is 113 Å². The van der Waals surface area contributed by atoms with E-state index in [-0.39, 0.29) is 11.9 Å². The second kappa shape index (κ2) is 7.53. The molecule has 0 unspecified atom stereocenters. The van der Waals surface area contributed by atoms with E-state index in [4.69, 9.17) is 4.74 Å². The Kier molecular flexibility index (Phi) is 6.02. The zero-order valence-corrected chi connectivity index (χ0v) is 11.6. The van der Waals surface area contributed by atoms with Gasteiger partial charge in [-0.25, -0.2) is 4.79 Å². The molecule has 0 saturated heterocycles. The Morgan fingerprint density at radius 3 is 2.37 bits per heavy atom. The van der Waals surface area contributed by atoms with Crippen LogP contribution in [0.4, 0.5) is 5.69 Å². The molecular weight excluding hydrogens is 244 g/mol. The number of benzene rings is 1. The first-order chi connectivity index (χ1) is 9.02. The van der Waals surface area contributed by atoms with E-state index in [1.807, 2.05) is 21.0 Å². The average molecular weight is 264 g/mol. The van der Waals surface area contributed by atoms with Crippen LogP contribution in [0.25, 0.3) is 0 Å². The maximum Gasteiger partial charge on any atom is 0.338 e. The number of nitrogens with one attached hydrogen (secondary N) is 1. The summed E-state index contributed by atoms with van der Waals surface area (Å²) in [6.45, 7) is 2.68. The molecule has 1 aromatic carbocycles. The van der Waals surface area contributed by atoms with Crippen LogP contribution in [0.15, 0.2) is 24.3 Å². The number of anilines is 1. The summed E-state index contributed by atoms with van der Waals surface area (Å²) in [6, 6.07) is 6.67. The van der Waals surface area contributed by atoms with Crippen LogP contribution >= 0.6 is 0 Å². The molecule has 5 nitrogen and oxygen atoms in total. The first kappa shape index (κ1) is 15.2. The van der Waals surface area contributed by atoms with E-state index in [9.17, 15) is 9.59 Å². The van der Waals surface area contributed by atoms with Crippen molar-refractivity contribution in [3.8, 4) is 0 Å². The lowest BCUT2D eigenvalue weighted by atomic mass is 10.2. The van der Waals surface area contributed by atoms with Gasteiger partial charge in [0, 0.05) is 5.69 Å². The summed E-state index contributed by atoms with van der Waals surface area (Å²) in [4.78, 5) is 24.9. The minimum absolute atomic E-state index is 0.0914. The molecule has 0 atom stereocenters. The largest absolute Gasteiger partial charge is 0.462 e. The Balaban J connectivity index is 2.56. The maximum absolute atomic E-state index is 11.6. The van der Waals surface area contributed by atoms with Gasteiger partial charge < -0.3 is 15.0 Å². The molecule has 1 aromatic rings. The van der Waals surface area contributed by atoms with E-state index < -0.39 is 0 Å². The molecule has 0 fully saturated rings. The first-order valence-corrected chi connectivity index (χ1v) is 6.24. The van der Waals surface area contributed by atoms with Gasteiger partial charge in [-0.15, -0.1) is 0 Å². The van der Waals surface area contributed by atoms with Crippen LogP contribution in [0, 0.1) is 0 Å². The summed E-state index contributed by atoms with van der Waals surface area (Å²) in [5, 5.41) is 2.75. The number of likely N-dealkylation sites (N-methyl/N-ethyl adjacent to an activating group) is 1. The molecule has 0 saturated carbocycles. The van der Waals surface area contributed by atoms with Crippen LogP contribution in [0.3, 0.4) is 0 Å². The lowest BCUT2D eigenvalue weighted by Gasteiger charge is -2.10. The molecule has 0 bridgehead atoms. The van der Waals surface area contributed by atoms with Gasteiger partial charge in [-0.1, -0.05) is 6.92 Å². The van der Waals surface area contributed by atoms with E-state index in [1.54, 1.807) is 29.2 Å². The van der Waals surface area contributed by atoms with Crippen LogP contribution in [0.2, 0.25) is 0 Å². The summed E-state index contributed by atoms with van der Waals surface area (Å²) in [7, 11) is 3.65. The molecule has 0 spiro atoms. The second-order valence-corrected chi connectivity index (χ2v) is 4.50. The number of hydrogen-bond acceptors (Lipinski definition) is 4. The Bertz CT molecular complexity index is 427. The predicted molar refractivity (Wildman–Crippen MR) is 74.2 cm³/mol. The number of ether oxygens (including phenoxy) is 1. The van der Waals surface area contributed by atoms with Crippen molar-refractivity contribution in [2.24, 2.45) is 0 Å². The number of hydrogen-bond donors (Lipinski definition) is 1. The topological polar surface area (TPSA) is 58.6 Å². The van der Waals surface area contributed by atoms with Gasteiger partial charge in [0.15, 0.2) is 0 Å². The van der Waals surface area contributed by atoms with Crippen molar-refractivity contribution < 1.29 is 14.3 Å². The lowest BCUT2D eigenvalue weighted by molar-refractivity contribution is -0.116. The van der Waals surface area contributed by atoms with E-state index in [2.05, 4.69) is 5.32 Å². The number of carbonyl (C=O) groups excluding carboxylic acids is 2. The van der Waals surface area contributed by atoms with Crippen molar-refractivity contribution in [1.82, 2.24) is 4.90 Å². The van der Waals surface area contributed by atoms with Gasteiger partial charge in [-0.05, 0) is 44.8 Å². The van der Waals surface area contributed by atoms with Crippen LogP contribution < -0.4 is 5.32 Å². The molecule has 0 aliphatic heterocycles. The average Bonchev–Trinajstić information content (AvgIpc) is 2.35. The van der Waals surface area contributed by atoms with Crippen molar-refractivity contribution in [2.75, 3.05) is 32.6 Å². The van der Waals surface area contributed by atoms with Gasteiger partial charge in [-0.2, -0.15) is 0 Å². The number of amides is 1. The van der Waals surface area contributed by atoms with Crippen LogP contribution in [0.1, 0.15) is 23.7 Å². The summed E-state index contributed by atoms with van der Waals surface area (Å²) < 4.78 is 5.02. The summed E-state index contributed by atoms with van der Waals surface area (Å²) in [5.41, 5.74) is 1.15. The lowest BCUT2D eigenvalue weighted by Crippen LogP contribution is -2.27. The SMILES string of the molecule is CCCOC(=O)c1ccc(NC(=O)CN(C)C)cc1. The third kappa shape index (κ3) is 5.52. The quantitative estimate of drug-likeness (QED) is 0.795. The fourth-order valence-corrected chi connectivity index (χ4v) is 1.46. The van der Waals surface area contributed by atoms with Crippen molar-refractivity contribution in [2.45, 2.75) is 13.3 Å². The Morgan fingerprint density at radius 1 is 1.21 bits per heavy atom. The predicted octanol–water partition coefficient (Wildman–Crippen LogP) is 1.75. The molecule has 0 heterocycles. The molecule has 0 aliphatic carbocycles. The van der Waals surface area contributed by atoms with Crippen molar-refractivity contribution >= 4 is 17.6 Å². The second-order valence-electron chi connectivity index (χ2n) is 4.50. The fourth-order valence-electron chi connectivity index (χ4n) is 1.46. The third-order valence-corrected chi connectivity index (χ3v) is 2.30. The minimum atomic E-state index is -0.340. The Morgan fingerprint density at radius 2 is 1.84 bits per heavy atom. The minimum Gasteiger partial charge on any atom is -0.462 e. The van der Waals surface area contributed by atoms with Crippen LogP contribution in [-0.4, -0.2) is 44.0 Å². The number of nitrogens with zero attached hydrogens (tertiary/aromatic N) is 1. The Hall–Kier alpha value is -1.88. The summed E-state index contributed by atoms with van der Waals surface area (Å²) in [6.07, 6.45) is 0.796. The highest BCUT2D eigenvalue weighted by molar-refractivity contribution is 5.93. The molecule has 5 heteroatoms. The van der Waals surface area contributed by atoms with E-state index >= 15 is 0 Å². The van der Waals surface area contributed by atoms with E-state index in [0.717, 1.165) is 6.42 Å². The molecule has 1 N–H and O–H groups in total. The van der Waals surface area contributed by atoms with Crippen molar-refractivity contribution in [1.29, 1.82) is 0 Å². The monoisotopic (exact) mass is 264 g/mol. The van der Waals surface area contributed by atoms with Crippen LogP contribution in [0.5, 0.6) is 0 Å². The molecule has 0 aliphatic rings. The zero-order chi connectivity index (χ0) is 14.3. The highest BCUT2D eigenvalue weighted by Crippen LogP contribution is 2.10. The highest BCUT2D eigenvalue weighted by atomic mass is 16.5. The standard InChI is InChI=1S/C14H20N2O3/c1-4-9-19-14(18)11-5-7-12(8-6-11)15-13(17)10-16(2)3/h5-8H,4,9-10H2,1-3H3,(H,15,17). The van der Waals surface area contributed by atoms with Gasteiger partial charge in [0.1, 0.15) is 0 Å². The maximum atomic E-state index is 11.6. The molecule has 104 valence electrons. The summed E-state index contributed by atoms with van der Waals surface area (Å²) >= 11 is 0. The van der Waals surface area contributed by atoms with Gasteiger partial charge in [0.05, 0.1) is 18.7 Å². The third-order valence-electron chi connectivity index (χ3n) is 2.30. The van der Waals surface area contributed by atoms with E-state index in [0.29, 0.717) is 24.4 Å². The van der Waals surface area contributed by atoms with Gasteiger partial charge in [0.25, 0.3) is 0 Å². The van der Waals surface area contributed by atoms with E-state index in [1.165, 1.54) is 0 Å². The molecule has 1 amide bonds. The zero-order valence-electron chi connectivity index (χ0n) is 11.6. The molecule has 0 aromatic heterocycles. The smallest absolute Gasteiger partial charge is 0.338 e. The van der Waals surface area contributed by atoms with Crippen molar-refractivity contribution in [3.05, 3.63) is 29.8 Å². The van der Waals surface area contributed by atoms with Crippen molar-refractivity contribution in [3.63, 3.8) is 0 Å². The van der Waals surface area contributed by atoms with Gasteiger partial charge in [-0.3, -0.25) is 4.79 Å². The number of carbonyl (C=O) groups is 2. The first-order valence-electron chi connectivity index (χ1n) is 6.24. The van der Waals surface area contributed by atoms with Gasteiger partial charge in [0.2, 0.25) is 5.91 Å². The molecule has 19 heavy (non-hydrogen) atoms. The van der Waals surface area contributed by atoms with Crippen LogP contribution in [-0.2, 0) is 9.53 Å². The molecule has 0 radical (unpaired) electrons. The normalized spacial score (nSPS) is 10.3. The molecule has 1 rings (SSSR count). The number of rotatable bonds is 6. The highest BCUT2D eigenvalue weighted by Gasteiger charge is 2.07. The number of esters is 1.